The predicted octanol–water partition coefficient (Wildman–Crippen LogP) is 15.8. The number of benzene rings is 6. The van der Waals surface area contributed by atoms with E-state index < -0.39 is 83.1 Å². The number of halogens is 5. The van der Waals surface area contributed by atoms with Gasteiger partial charge in [-0.3, -0.25) is 9.59 Å². The first-order chi connectivity index (χ1) is 43.8. The Kier molecular flexibility index (Phi) is 24.4. The van der Waals surface area contributed by atoms with Gasteiger partial charge in [0.15, 0.2) is 0 Å². The molecule has 0 saturated carbocycles. The first-order valence-electron chi connectivity index (χ1n) is 31.3. The fraction of sp³-hybridized carbons (Fsp3) is 0.452. The van der Waals surface area contributed by atoms with E-state index in [2.05, 4.69) is 42.5 Å². The molecule has 0 bridgehead atoms. The maximum atomic E-state index is 14.9. The number of amides is 4. The van der Waals surface area contributed by atoms with Gasteiger partial charge in [0.05, 0.1) is 36.4 Å². The summed E-state index contributed by atoms with van der Waals surface area (Å²) in [6, 6.07) is 40.9. The normalized spacial score (nSPS) is 20.2. The Balaban J connectivity index is 0.000000239. The highest BCUT2D eigenvalue weighted by atomic mass is 79.9. The molecule has 0 radical (unpaired) electrons. The number of nitrogens with zero attached hydrogens (tertiary/aromatic N) is 2. The van der Waals surface area contributed by atoms with E-state index in [1.54, 1.807) is 64.6 Å². The lowest BCUT2D eigenvalue weighted by Crippen LogP contribution is -2.51. The Morgan fingerprint density at radius 2 is 0.926 bits per heavy atom. The number of aliphatic hydroxyl groups is 2. The molecule has 6 aromatic carbocycles. The van der Waals surface area contributed by atoms with E-state index in [1.165, 1.54) is 0 Å². The monoisotopic (exact) mass is 1470 g/mol. The largest absolute Gasteiger partial charge is 0.490 e. The van der Waals surface area contributed by atoms with Gasteiger partial charge < -0.3 is 59.1 Å². The number of carbonyl (C=O) groups is 4. The third-order valence-electron chi connectivity index (χ3n) is 16.7. The Labute approximate surface area is 584 Å². The lowest BCUT2D eigenvalue weighted by Gasteiger charge is -2.38. The summed E-state index contributed by atoms with van der Waals surface area (Å²) in [4.78, 5) is 59.2. The molecule has 2 fully saturated rings. The first-order valence-corrected chi connectivity index (χ1v) is 34.0. The Morgan fingerprint density at radius 1 is 0.532 bits per heavy atom. The van der Waals surface area contributed by atoms with Gasteiger partial charge in [0, 0.05) is 47.0 Å². The minimum absolute atomic E-state index is 0. The third-order valence-corrected chi connectivity index (χ3v) is 18.4. The number of rotatable bonds is 18. The van der Waals surface area contributed by atoms with Crippen molar-refractivity contribution in [1.29, 1.82) is 0 Å². The molecular weight excluding hydrogens is 1390 g/mol. The molecule has 10 rings (SSSR count). The number of ether oxygens (including phenoxy) is 6. The minimum Gasteiger partial charge on any atom is -0.490 e. The van der Waals surface area contributed by atoms with Gasteiger partial charge in [-0.15, -0.1) is 0 Å². The van der Waals surface area contributed by atoms with E-state index in [1.807, 2.05) is 154 Å². The van der Waals surface area contributed by atoms with Crippen LogP contribution in [0.4, 0.5) is 9.59 Å². The van der Waals surface area contributed by atoms with Crippen molar-refractivity contribution in [2.24, 2.45) is 11.8 Å². The quantitative estimate of drug-likeness (QED) is 0.0637. The Morgan fingerprint density at radius 3 is 1.34 bits per heavy atom. The zero-order chi connectivity index (χ0) is 67.3. The number of fused-ring (bicyclic) bond motifs is 6. The van der Waals surface area contributed by atoms with Crippen molar-refractivity contribution < 1.29 is 57.8 Å². The number of hydrogen-bond donors (Lipinski definition) is 4. The number of para-hydroxylation sites is 1. The molecule has 2 unspecified atom stereocenters. The molecule has 0 aromatic heterocycles. The van der Waals surface area contributed by atoms with E-state index in [-0.39, 0.29) is 50.8 Å². The van der Waals surface area contributed by atoms with Crippen LogP contribution in [0.3, 0.4) is 0 Å². The second-order valence-corrected chi connectivity index (χ2v) is 30.3. The fourth-order valence-electron chi connectivity index (χ4n) is 12.8. The van der Waals surface area contributed by atoms with Crippen LogP contribution >= 0.6 is 66.7 Å². The van der Waals surface area contributed by atoms with E-state index >= 15 is 0 Å². The third kappa shape index (κ3) is 19.2. The van der Waals surface area contributed by atoms with Crippen LogP contribution in [0.15, 0.2) is 148 Å². The summed E-state index contributed by atoms with van der Waals surface area (Å²) in [6.45, 7) is 18.8. The van der Waals surface area contributed by atoms with Crippen molar-refractivity contribution in [1.82, 2.24) is 20.4 Å². The van der Waals surface area contributed by atoms with Crippen LogP contribution in [-0.4, -0.2) is 116 Å². The molecule has 4 N–H and O–H groups in total. The predicted molar refractivity (Wildman–Crippen MR) is 373 cm³/mol. The van der Waals surface area contributed by atoms with Crippen LogP contribution in [0.1, 0.15) is 135 Å². The summed E-state index contributed by atoms with van der Waals surface area (Å²) in [6.07, 6.45) is -2.84. The smallest absolute Gasteiger partial charge is 0.407 e. The van der Waals surface area contributed by atoms with Gasteiger partial charge in [0.2, 0.25) is 11.8 Å². The van der Waals surface area contributed by atoms with Gasteiger partial charge in [0.25, 0.3) is 0 Å². The fourth-order valence-corrected chi connectivity index (χ4v) is 13.9. The summed E-state index contributed by atoms with van der Waals surface area (Å²) in [5, 5.41) is 31.1. The average Bonchev–Trinajstić information content (AvgIpc) is 1.58. The van der Waals surface area contributed by atoms with Crippen LogP contribution in [0, 0.1) is 11.8 Å². The van der Waals surface area contributed by atoms with Gasteiger partial charge in [-0.2, -0.15) is 0 Å². The van der Waals surface area contributed by atoms with E-state index in [9.17, 15) is 29.4 Å². The Bertz CT molecular complexity index is 3600. The van der Waals surface area contributed by atoms with Gasteiger partial charge in [-0.05, 0) is 203 Å². The highest BCUT2D eigenvalue weighted by molar-refractivity contribution is 9.10. The zero-order valence-electron chi connectivity index (χ0n) is 54.0. The van der Waals surface area contributed by atoms with Crippen LogP contribution in [0.25, 0.3) is 0 Å². The van der Waals surface area contributed by atoms with Gasteiger partial charge in [-0.1, -0.05) is 141 Å². The molecule has 4 heterocycles. The van der Waals surface area contributed by atoms with Crippen molar-refractivity contribution in [2.75, 3.05) is 13.2 Å². The topological polar surface area (TPSA) is 195 Å². The van der Waals surface area contributed by atoms with E-state index in [0.29, 0.717) is 53.1 Å². The average molecular weight is 1480 g/mol. The summed E-state index contributed by atoms with van der Waals surface area (Å²) >= 11 is 26.1. The molecule has 10 atom stereocenters. The van der Waals surface area contributed by atoms with Crippen LogP contribution in [-0.2, 0) is 54.2 Å². The maximum absolute atomic E-state index is 14.9. The van der Waals surface area contributed by atoms with Crippen molar-refractivity contribution in [2.45, 2.75) is 186 Å². The molecule has 6 aromatic rings. The maximum Gasteiger partial charge on any atom is 0.407 e. The molecule has 4 aliphatic rings. The lowest BCUT2D eigenvalue weighted by atomic mass is 9.87. The number of aliphatic hydroxyl groups excluding tert-OH is 2. The van der Waals surface area contributed by atoms with Crippen molar-refractivity contribution >= 4 is 90.7 Å². The molecule has 4 amide bonds. The van der Waals surface area contributed by atoms with Crippen molar-refractivity contribution in [3.63, 3.8) is 0 Å². The molecule has 21 heteroatoms. The molecule has 0 spiro atoms. The Hall–Kier alpha value is -5.93. The van der Waals surface area contributed by atoms with Crippen LogP contribution in [0.2, 0.25) is 15.1 Å². The summed E-state index contributed by atoms with van der Waals surface area (Å²) < 4.78 is 37.7. The van der Waals surface area contributed by atoms with E-state index in [4.69, 9.17) is 63.2 Å². The SMILES string of the molecule is C.CC(C)(C)OC(=O)N[C@@H](Cc1ccc(Br)cc1)[C@@H](O)C[C@@H](Cc1cccc(Cl)c1)C(=O)N1C2c3cc(Cl)ccc3OC[C@H]2OC1(C)C.CC(C)(C)OC(=O)N[C@@H](Cc1ccc(Br)cc1)[C@@H](O)C[C@@H](Cc1cccc(Cl)c1)C(=O)N1C2c3ccccc3OC[C@H]2OC1(C)C. The zero-order valence-corrected chi connectivity index (χ0v) is 59.4. The molecular formula is C73H87Br2Cl3N4O12. The minimum atomic E-state index is -1.11. The summed E-state index contributed by atoms with van der Waals surface area (Å²) in [7, 11) is 0. The molecule has 2 saturated heterocycles. The highest BCUT2D eigenvalue weighted by Crippen LogP contribution is 2.50. The van der Waals surface area contributed by atoms with Gasteiger partial charge >= 0.3 is 12.2 Å². The van der Waals surface area contributed by atoms with E-state index in [0.717, 1.165) is 48.1 Å². The van der Waals surface area contributed by atoms with Crippen molar-refractivity contribution in [3.05, 3.63) is 197 Å². The van der Waals surface area contributed by atoms with Crippen LogP contribution in [0.5, 0.6) is 11.5 Å². The molecule has 4 aliphatic heterocycles. The number of alkyl carbamates (subject to hydrolysis) is 2. The lowest BCUT2D eigenvalue weighted by molar-refractivity contribution is -0.154. The standard InChI is InChI=1S/C36H41BrCl2N2O6.C36H42BrClN2O6.CH4/c1-35(2,3)47-34(44)40-28(17-21-9-11-24(37)12-10-21)29(42)18-23(15-22-7-6-8-25(38)16-22)33(43)41-32-27-19-26(39)13-14-30(27)45-20-31(32)46-36(41,4)5;1-35(2,3)46-34(43)39-28(19-22-13-15-25(37)16-14-22)29(41)20-24(17-23-9-8-10-26(38)18-23)33(42)40-32-27-11-6-7-12-30(27)44-21-31(32)45-36(40,4)5;/h6-14,16,19,23,28-29,31-32,42H,15,17-18,20H2,1-5H3,(H,40,44);6-16,18,24,28-29,31-32,41H,17,19-21H2,1-5H3,(H,39,43);1H4/t23-,28+,29+,31-,32?;24-,28+,29+,31-,32?;/m11./s1. The number of carbonyl (C=O) groups excluding carboxylic acids is 4. The molecule has 16 nitrogen and oxygen atoms in total. The summed E-state index contributed by atoms with van der Waals surface area (Å²) in [5.74, 6) is -0.356. The highest BCUT2D eigenvalue weighted by Gasteiger charge is 2.56. The van der Waals surface area contributed by atoms with Gasteiger partial charge in [0.1, 0.15) is 59.6 Å². The van der Waals surface area contributed by atoms with Crippen LogP contribution < -0.4 is 20.1 Å². The molecule has 0 aliphatic carbocycles. The second kappa shape index (κ2) is 31.1. The number of nitrogens with one attached hydrogen (secondary N) is 2. The molecule has 506 valence electrons. The second-order valence-electron chi connectivity index (χ2n) is 27.2. The first kappa shape index (κ1) is 73.9. The number of hydrogen-bond acceptors (Lipinski definition) is 12. The van der Waals surface area contributed by atoms with Gasteiger partial charge in [-0.25, -0.2) is 9.59 Å². The summed E-state index contributed by atoms with van der Waals surface area (Å²) in [5.41, 5.74) is 1.81. The molecule has 94 heavy (non-hydrogen) atoms. The van der Waals surface area contributed by atoms with Crippen molar-refractivity contribution in [3.8, 4) is 11.5 Å².